The van der Waals surface area contributed by atoms with Crippen LogP contribution in [0.4, 0.5) is 11.4 Å². The molecule has 1 aliphatic carbocycles. The summed E-state index contributed by atoms with van der Waals surface area (Å²) in [5.74, 6) is -1.93. The van der Waals surface area contributed by atoms with E-state index in [1.807, 2.05) is 13.0 Å². The Kier molecular flexibility index (Phi) is 5.42. The van der Waals surface area contributed by atoms with E-state index in [1.54, 1.807) is 48.5 Å². The molecule has 0 spiro atoms. The van der Waals surface area contributed by atoms with Crippen molar-refractivity contribution < 1.29 is 23.9 Å². The lowest BCUT2D eigenvalue weighted by Crippen LogP contribution is -2.31. The van der Waals surface area contributed by atoms with Crippen LogP contribution in [0.1, 0.15) is 40.5 Å². The van der Waals surface area contributed by atoms with Crippen molar-refractivity contribution in [3.8, 4) is 0 Å². The normalized spacial score (nSPS) is 20.2. The van der Waals surface area contributed by atoms with Gasteiger partial charge in [-0.3, -0.25) is 19.3 Å². The van der Waals surface area contributed by atoms with Crippen LogP contribution < -0.4 is 10.2 Å². The van der Waals surface area contributed by atoms with Crippen LogP contribution >= 0.6 is 0 Å². The Morgan fingerprint density at radius 1 is 1.00 bits per heavy atom. The minimum absolute atomic E-state index is 0.210. The fourth-order valence-electron chi connectivity index (χ4n) is 4.09. The third-order valence-corrected chi connectivity index (χ3v) is 5.75. The Bertz CT molecular complexity index is 1100. The third kappa shape index (κ3) is 3.86. The van der Waals surface area contributed by atoms with Crippen molar-refractivity contribution in [3.05, 3.63) is 71.3 Å². The number of imide groups is 1. The van der Waals surface area contributed by atoms with E-state index in [0.717, 1.165) is 5.57 Å². The molecule has 0 radical (unpaired) electrons. The van der Waals surface area contributed by atoms with E-state index in [4.69, 9.17) is 0 Å². The molecule has 2 aromatic carbocycles. The largest absolute Gasteiger partial charge is 0.465 e. The Morgan fingerprint density at radius 2 is 1.71 bits per heavy atom. The molecule has 7 heteroatoms. The minimum Gasteiger partial charge on any atom is -0.465 e. The number of methoxy groups -OCH3 is 1. The minimum atomic E-state index is -0.462. The van der Waals surface area contributed by atoms with E-state index in [9.17, 15) is 19.2 Å². The average molecular weight is 418 g/mol. The standard InChI is InChI=1S/C24H22N2O5/c1-14-6-11-19-20(12-14)23(29)26(22(19)28)18-5-3-4-16(13-18)21(27)25-17-9-7-15(8-10-17)24(30)31-2/h3-10,13,19-20H,11-12H2,1-2H3,(H,25,27)/t19-,20-/m0/s1. The second-order valence-electron chi connectivity index (χ2n) is 7.79. The number of fused-ring (bicyclic) bond motifs is 1. The fourth-order valence-corrected chi connectivity index (χ4v) is 4.09. The number of allylic oxidation sites excluding steroid dienone is 2. The lowest BCUT2D eigenvalue weighted by atomic mass is 9.82. The number of nitrogens with one attached hydrogen (secondary N) is 1. The number of ether oxygens (including phenoxy) is 1. The lowest BCUT2D eigenvalue weighted by Gasteiger charge is -2.18. The van der Waals surface area contributed by atoms with Crippen LogP contribution in [0.2, 0.25) is 0 Å². The van der Waals surface area contributed by atoms with Crippen molar-refractivity contribution in [1.82, 2.24) is 0 Å². The maximum Gasteiger partial charge on any atom is 0.337 e. The molecule has 1 fully saturated rings. The van der Waals surface area contributed by atoms with Gasteiger partial charge >= 0.3 is 5.97 Å². The highest BCUT2D eigenvalue weighted by atomic mass is 16.5. The van der Waals surface area contributed by atoms with Gasteiger partial charge in [0.15, 0.2) is 0 Å². The monoisotopic (exact) mass is 418 g/mol. The molecule has 7 nitrogen and oxygen atoms in total. The van der Waals surface area contributed by atoms with Crippen LogP contribution in [0.15, 0.2) is 60.2 Å². The maximum absolute atomic E-state index is 12.9. The predicted octanol–water partition coefficient (Wildman–Crippen LogP) is 3.57. The van der Waals surface area contributed by atoms with Crippen LogP contribution in [-0.4, -0.2) is 30.8 Å². The molecule has 31 heavy (non-hydrogen) atoms. The number of anilines is 2. The van der Waals surface area contributed by atoms with Gasteiger partial charge in [-0.2, -0.15) is 0 Å². The first-order valence-corrected chi connectivity index (χ1v) is 10.0. The summed E-state index contributed by atoms with van der Waals surface area (Å²) >= 11 is 0. The molecule has 1 aliphatic heterocycles. The van der Waals surface area contributed by atoms with Gasteiger partial charge in [0, 0.05) is 11.3 Å². The number of nitrogens with zero attached hydrogens (tertiary/aromatic N) is 1. The van der Waals surface area contributed by atoms with Gasteiger partial charge in [-0.1, -0.05) is 17.7 Å². The molecule has 3 amide bonds. The second-order valence-corrected chi connectivity index (χ2v) is 7.79. The summed E-state index contributed by atoms with van der Waals surface area (Å²) in [7, 11) is 1.30. The molecular weight excluding hydrogens is 396 g/mol. The zero-order chi connectivity index (χ0) is 22.1. The van der Waals surface area contributed by atoms with Crippen molar-refractivity contribution in [2.45, 2.75) is 19.8 Å². The number of benzene rings is 2. The fraction of sp³-hybridized carbons (Fsp3) is 0.250. The Balaban J connectivity index is 1.52. The van der Waals surface area contributed by atoms with Crippen molar-refractivity contribution >= 4 is 35.1 Å². The number of carbonyl (C=O) groups is 4. The molecule has 0 unspecified atom stereocenters. The van der Waals surface area contributed by atoms with Crippen molar-refractivity contribution in [3.63, 3.8) is 0 Å². The summed E-state index contributed by atoms with van der Waals surface area (Å²) < 4.78 is 4.66. The van der Waals surface area contributed by atoms with Gasteiger partial charge in [0.1, 0.15) is 0 Å². The quantitative estimate of drug-likeness (QED) is 0.466. The van der Waals surface area contributed by atoms with E-state index in [0.29, 0.717) is 35.3 Å². The van der Waals surface area contributed by atoms with Crippen molar-refractivity contribution in [1.29, 1.82) is 0 Å². The molecular formula is C24H22N2O5. The second kappa shape index (κ2) is 8.18. The van der Waals surface area contributed by atoms with Gasteiger partial charge < -0.3 is 10.1 Å². The predicted molar refractivity (Wildman–Crippen MR) is 115 cm³/mol. The van der Waals surface area contributed by atoms with E-state index >= 15 is 0 Å². The van der Waals surface area contributed by atoms with Crippen LogP contribution in [0, 0.1) is 11.8 Å². The number of amides is 3. The molecule has 0 aromatic heterocycles. The Morgan fingerprint density at radius 3 is 2.42 bits per heavy atom. The molecule has 2 aliphatic rings. The highest BCUT2D eigenvalue weighted by Gasteiger charge is 2.48. The van der Waals surface area contributed by atoms with Gasteiger partial charge in [-0.25, -0.2) is 4.79 Å². The van der Waals surface area contributed by atoms with Crippen LogP contribution in [-0.2, 0) is 14.3 Å². The van der Waals surface area contributed by atoms with E-state index in [2.05, 4.69) is 10.1 Å². The zero-order valence-electron chi connectivity index (χ0n) is 17.3. The summed E-state index contributed by atoms with van der Waals surface area (Å²) in [5.41, 5.74) is 2.72. The van der Waals surface area contributed by atoms with Gasteiger partial charge in [-0.05, 0) is 62.2 Å². The lowest BCUT2D eigenvalue weighted by molar-refractivity contribution is -0.122. The number of hydrogen-bond acceptors (Lipinski definition) is 5. The third-order valence-electron chi connectivity index (χ3n) is 5.75. The maximum atomic E-state index is 12.9. The smallest absolute Gasteiger partial charge is 0.337 e. The first-order valence-electron chi connectivity index (χ1n) is 10.0. The zero-order valence-corrected chi connectivity index (χ0v) is 17.3. The van der Waals surface area contributed by atoms with Gasteiger partial charge in [-0.15, -0.1) is 0 Å². The summed E-state index contributed by atoms with van der Waals surface area (Å²) in [4.78, 5) is 51.2. The summed E-state index contributed by atoms with van der Waals surface area (Å²) in [6.45, 7) is 1.97. The molecule has 0 saturated carbocycles. The molecule has 158 valence electrons. The number of rotatable bonds is 4. The average Bonchev–Trinajstić information content (AvgIpc) is 3.03. The molecule has 2 atom stereocenters. The molecule has 0 bridgehead atoms. The first-order chi connectivity index (χ1) is 14.9. The first kappa shape index (κ1) is 20.5. The molecule has 1 heterocycles. The van der Waals surface area contributed by atoms with E-state index < -0.39 is 5.97 Å². The SMILES string of the molecule is COC(=O)c1ccc(NC(=O)c2cccc(N3C(=O)[C@H]4CC=C(C)C[C@@H]4C3=O)c2)cc1. The molecule has 2 aromatic rings. The van der Waals surface area contributed by atoms with Gasteiger partial charge in [0.2, 0.25) is 11.8 Å². The van der Waals surface area contributed by atoms with Crippen LogP contribution in [0.3, 0.4) is 0 Å². The number of esters is 1. The van der Waals surface area contributed by atoms with Crippen molar-refractivity contribution in [2.75, 3.05) is 17.3 Å². The summed E-state index contributed by atoms with van der Waals surface area (Å²) in [6.07, 6.45) is 3.18. The summed E-state index contributed by atoms with van der Waals surface area (Å²) in [6, 6.07) is 12.8. The number of hydrogen-bond donors (Lipinski definition) is 1. The summed E-state index contributed by atoms with van der Waals surface area (Å²) in [5, 5.41) is 2.75. The van der Waals surface area contributed by atoms with Gasteiger partial charge in [0.05, 0.1) is 30.2 Å². The van der Waals surface area contributed by atoms with Crippen molar-refractivity contribution in [2.24, 2.45) is 11.8 Å². The number of carbonyl (C=O) groups excluding carboxylic acids is 4. The molecule has 1 saturated heterocycles. The highest BCUT2D eigenvalue weighted by molar-refractivity contribution is 6.22. The van der Waals surface area contributed by atoms with Crippen LogP contribution in [0.5, 0.6) is 0 Å². The molecule has 4 rings (SSSR count). The molecule has 1 N–H and O–H groups in total. The van der Waals surface area contributed by atoms with Gasteiger partial charge in [0.25, 0.3) is 5.91 Å². The highest BCUT2D eigenvalue weighted by Crippen LogP contribution is 2.39. The van der Waals surface area contributed by atoms with E-state index in [1.165, 1.54) is 12.0 Å². The van der Waals surface area contributed by atoms with Crippen LogP contribution in [0.25, 0.3) is 0 Å². The van der Waals surface area contributed by atoms with E-state index in [-0.39, 0.29) is 29.6 Å². The Hall–Kier alpha value is -3.74. The Labute approximate surface area is 179 Å². The topological polar surface area (TPSA) is 92.8 Å².